The van der Waals surface area contributed by atoms with Crippen molar-refractivity contribution in [3.8, 4) is 0 Å². The van der Waals surface area contributed by atoms with Crippen LogP contribution in [0.5, 0.6) is 0 Å². The first-order valence-corrected chi connectivity index (χ1v) is 2.94. The summed E-state index contributed by atoms with van der Waals surface area (Å²) < 4.78 is 4.57. The average molecular weight is 153 g/mol. The van der Waals surface area contributed by atoms with Crippen molar-refractivity contribution >= 4 is 5.91 Å². The summed E-state index contributed by atoms with van der Waals surface area (Å²) in [6.45, 7) is 0. The van der Waals surface area contributed by atoms with Crippen LogP contribution in [0.25, 0.3) is 0 Å². The van der Waals surface area contributed by atoms with Crippen LogP contribution in [0.2, 0.25) is 0 Å². The molecule has 1 amide bonds. The third-order valence-electron chi connectivity index (χ3n) is 1.13. The molecule has 0 aromatic carbocycles. The van der Waals surface area contributed by atoms with Crippen LogP contribution in [0.15, 0.2) is 36.0 Å². The van der Waals surface area contributed by atoms with Crippen LogP contribution in [-0.4, -0.2) is 11.0 Å². The fourth-order valence-electron chi connectivity index (χ4n) is 0.623. The zero-order chi connectivity index (χ0) is 8.27. The van der Waals surface area contributed by atoms with Gasteiger partial charge in [0.05, 0.1) is 6.26 Å². The number of carbonyl (C=O) groups excluding carboxylic acids is 1. The standard InChI is InChI=1S/C7H7NO3/c8-6(9)5-3-1-2-4-11-7(5)10/h1-4,10H,(H2,8,9). The van der Waals surface area contributed by atoms with Gasteiger partial charge in [-0.25, -0.2) is 0 Å². The third-order valence-corrected chi connectivity index (χ3v) is 1.13. The van der Waals surface area contributed by atoms with E-state index in [2.05, 4.69) is 4.74 Å². The van der Waals surface area contributed by atoms with E-state index >= 15 is 0 Å². The topological polar surface area (TPSA) is 72.6 Å². The summed E-state index contributed by atoms with van der Waals surface area (Å²) in [4.78, 5) is 10.6. The lowest BCUT2D eigenvalue weighted by atomic mass is 10.2. The Morgan fingerprint density at radius 3 is 2.91 bits per heavy atom. The van der Waals surface area contributed by atoms with Crippen LogP contribution < -0.4 is 5.73 Å². The molecule has 1 rings (SSSR count). The van der Waals surface area contributed by atoms with E-state index in [-0.39, 0.29) is 5.57 Å². The highest BCUT2D eigenvalue weighted by Crippen LogP contribution is 2.08. The third kappa shape index (κ3) is 1.61. The maximum atomic E-state index is 10.6. The molecule has 58 valence electrons. The van der Waals surface area contributed by atoms with Gasteiger partial charge in [-0.05, 0) is 12.2 Å². The van der Waals surface area contributed by atoms with Gasteiger partial charge in [0, 0.05) is 0 Å². The molecule has 0 atom stereocenters. The first-order valence-electron chi connectivity index (χ1n) is 2.94. The summed E-state index contributed by atoms with van der Waals surface area (Å²) in [5.41, 5.74) is 4.88. The predicted octanol–water partition coefficient (Wildman–Crippen LogP) is 0.341. The molecule has 0 fully saturated rings. The van der Waals surface area contributed by atoms with Crippen molar-refractivity contribution in [3.63, 3.8) is 0 Å². The van der Waals surface area contributed by atoms with Crippen molar-refractivity contribution in [1.29, 1.82) is 0 Å². The van der Waals surface area contributed by atoms with Gasteiger partial charge in [-0.15, -0.1) is 0 Å². The number of hydrogen-bond donors (Lipinski definition) is 2. The molecule has 0 saturated heterocycles. The van der Waals surface area contributed by atoms with Crippen LogP contribution >= 0.6 is 0 Å². The molecule has 4 nitrogen and oxygen atoms in total. The molecule has 1 aliphatic heterocycles. The number of amides is 1. The van der Waals surface area contributed by atoms with Gasteiger partial charge >= 0.3 is 0 Å². The molecule has 1 aliphatic rings. The monoisotopic (exact) mass is 153 g/mol. The number of aliphatic hydroxyl groups excluding tert-OH is 1. The van der Waals surface area contributed by atoms with Crippen molar-refractivity contribution in [1.82, 2.24) is 0 Å². The number of hydrogen-bond acceptors (Lipinski definition) is 3. The minimum Gasteiger partial charge on any atom is -0.480 e. The van der Waals surface area contributed by atoms with Gasteiger partial charge in [-0.3, -0.25) is 4.79 Å². The van der Waals surface area contributed by atoms with Crippen LogP contribution in [0.3, 0.4) is 0 Å². The Morgan fingerprint density at radius 1 is 1.55 bits per heavy atom. The lowest BCUT2D eigenvalue weighted by Crippen LogP contribution is -2.14. The van der Waals surface area contributed by atoms with E-state index in [0.717, 1.165) is 0 Å². The second-order valence-electron chi connectivity index (χ2n) is 1.89. The fourth-order valence-corrected chi connectivity index (χ4v) is 0.623. The van der Waals surface area contributed by atoms with E-state index in [1.165, 1.54) is 18.4 Å². The fraction of sp³-hybridized carbons (Fsp3) is 0. The summed E-state index contributed by atoms with van der Waals surface area (Å²) in [5.74, 6) is -1.19. The SMILES string of the molecule is NC(=O)C1=C(O)OC=CC=C1. The maximum absolute atomic E-state index is 10.6. The number of rotatable bonds is 1. The average Bonchev–Trinajstić information content (AvgIpc) is 2.13. The van der Waals surface area contributed by atoms with Gasteiger partial charge in [-0.2, -0.15) is 0 Å². The van der Waals surface area contributed by atoms with Crippen LogP contribution in [0.1, 0.15) is 0 Å². The van der Waals surface area contributed by atoms with Crippen LogP contribution in [0.4, 0.5) is 0 Å². The number of aliphatic hydroxyl groups is 1. The van der Waals surface area contributed by atoms with Gasteiger partial charge in [0.2, 0.25) is 0 Å². The Hall–Kier alpha value is -1.71. The highest BCUT2D eigenvalue weighted by Gasteiger charge is 2.10. The van der Waals surface area contributed by atoms with Gasteiger partial charge in [0.15, 0.2) is 0 Å². The van der Waals surface area contributed by atoms with E-state index in [4.69, 9.17) is 10.8 Å². The normalized spacial score (nSPS) is 16.0. The molecule has 0 bridgehead atoms. The van der Waals surface area contributed by atoms with Gasteiger partial charge in [0.1, 0.15) is 5.57 Å². The molecule has 4 heteroatoms. The molecule has 0 saturated carbocycles. The van der Waals surface area contributed by atoms with E-state index < -0.39 is 11.9 Å². The molecule has 0 unspecified atom stereocenters. The highest BCUT2D eigenvalue weighted by molar-refractivity contribution is 5.95. The Labute approximate surface area is 63.3 Å². The van der Waals surface area contributed by atoms with Crippen molar-refractivity contribution in [2.75, 3.05) is 0 Å². The molecule has 11 heavy (non-hydrogen) atoms. The molecule has 0 radical (unpaired) electrons. The minimum absolute atomic E-state index is 0.0324. The minimum atomic E-state index is -0.720. The largest absolute Gasteiger partial charge is 0.480 e. The van der Waals surface area contributed by atoms with E-state index in [1.807, 2.05) is 0 Å². The molecule has 0 spiro atoms. The summed E-state index contributed by atoms with van der Waals surface area (Å²) in [5, 5.41) is 8.97. The van der Waals surface area contributed by atoms with E-state index in [0.29, 0.717) is 0 Å². The number of primary amides is 1. The van der Waals surface area contributed by atoms with Crippen molar-refractivity contribution in [2.45, 2.75) is 0 Å². The predicted molar refractivity (Wildman–Crippen MR) is 38.2 cm³/mol. The Balaban J connectivity index is 2.98. The van der Waals surface area contributed by atoms with Crippen molar-refractivity contribution < 1.29 is 14.6 Å². The summed E-state index contributed by atoms with van der Waals surface area (Å²) in [6.07, 6.45) is 5.71. The smallest absolute Gasteiger partial charge is 0.294 e. The Morgan fingerprint density at radius 2 is 2.27 bits per heavy atom. The highest BCUT2D eigenvalue weighted by atomic mass is 16.6. The Bertz CT molecular complexity index is 263. The van der Waals surface area contributed by atoms with Crippen LogP contribution in [-0.2, 0) is 9.53 Å². The zero-order valence-electron chi connectivity index (χ0n) is 5.65. The lowest BCUT2D eigenvalue weighted by Gasteiger charge is -1.98. The van der Waals surface area contributed by atoms with Crippen LogP contribution in [0, 0.1) is 0 Å². The number of carbonyl (C=O) groups is 1. The molecule has 0 aliphatic carbocycles. The molecular weight excluding hydrogens is 146 g/mol. The summed E-state index contributed by atoms with van der Waals surface area (Å²) in [7, 11) is 0. The van der Waals surface area contributed by atoms with Gasteiger partial charge in [0.25, 0.3) is 11.9 Å². The Kier molecular flexibility index (Phi) is 1.96. The molecular formula is C7H7NO3. The number of ether oxygens (including phenoxy) is 1. The number of allylic oxidation sites excluding steroid dienone is 2. The molecule has 3 N–H and O–H groups in total. The molecule has 0 aromatic heterocycles. The van der Waals surface area contributed by atoms with Gasteiger partial charge in [-0.1, -0.05) is 6.08 Å². The van der Waals surface area contributed by atoms with Crippen molar-refractivity contribution in [3.05, 3.63) is 36.0 Å². The van der Waals surface area contributed by atoms with Gasteiger partial charge < -0.3 is 15.6 Å². The zero-order valence-corrected chi connectivity index (χ0v) is 5.65. The second kappa shape index (κ2) is 2.92. The first kappa shape index (κ1) is 7.40. The summed E-state index contributed by atoms with van der Waals surface area (Å²) in [6, 6.07) is 0. The molecule has 0 aromatic rings. The first-order chi connectivity index (χ1) is 5.22. The van der Waals surface area contributed by atoms with E-state index in [1.54, 1.807) is 6.08 Å². The second-order valence-corrected chi connectivity index (χ2v) is 1.89. The van der Waals surface area contributed by atoms with Crippen molar-refractivity contribution in [2.24, 2.45) is 5.73 Å². The maximum Gasteiger partial charge on any atom is 0.294 e. The quantitative estimate of drug-likeness (QED) is 0.570. The number of nitrogens with two attached hydrogens (primary N) is 1. The summed E-state index contributed by atoms with van der Waals surface area (Å²) >= 11 is 0. The molecule has 1 heterocycles. The lowest BCUT2D eigenvalue weighted by molar-refractivity contribution is -0.114. The van der Waals surface area contributed by atoms with E-state index in [9.17, 15) is 4.79 Å².